The second-order valence-electron chi connectivity index (χ2n) is 8.68. The Morgan fingerprint density at radius 1 is 1.06 bits per heavy atom. The van der Waals surface area contributed by atoms with Gasteiger partial charge in [-0.15, -0.1) is 21.5 Å². The first-order valence-corrected chi connectivity index (χ1v) is 13.6. The van der Waals surface area contributed by atoms with Crippen LogP contribution in [0, 0.1) is 5.92 Å². The number of nitrogens with zero attached hydrogens (tertiary/aromatic N) is 4. The molecule has 3 heterocycles. The number of hydrogen-bond acceptors (Lipinski definition) is 5. The van der Waals surface area contributed by atoms with Crippen LogP contribution in [0.15, 0.2) is 58.5 Å². The molecule has 34 heavy (non-hydrogen) atoms. The van der Waals surface area contributed by atoms with E-state index >= 15 is 0 Å². The van der Waals surface area contributed by atoms with Crippen molar-refractivity contribution in [2.45, 2.75) is 37.1 Å². The van der Waals surface area contributed by atoms with E-state index in [-0.39, 0.29) is 5.56 Å². The summed E-state index contributed by atoms with van der Waals surface area (Å²) in [6, 6.07) is 15.1. The van der Waals surface area contributed by atoms with Gasteiger partial charge in [-0.05, 0) is 72.7 Å². The Hall–Kier alpha value is -2.32. The highest BCUT2D eigenvalue weighted by molar-refractivity contribution is 7.98. The Bertz CT molecular complexity index is 1590. The predicted octanol–water partition coefficient (Wildman–Crippen LogP) is 6.82. The molecular formula is C25H20Cl2N4OS2. The number of thioether (sulfide) groups is 1. The maximum atomic E-state index is 13.9. The van der Waals surface area contributed by atoms with E-state index in [2.05, 4.69) is 21.5 Å². The summed E-state index contributed by atoms with van der Waals surface area (Å²) in [5.41, 5.74) is 3.02. The molecule has 6 rings (SSSR count). The molecule has 0 aliphatic heterocycles. The van der Waals surface area contributed by atoms with E-state index in [1.807, 2.05) is 36.4 Å². The Balaban J connectivity index is 1.58. The first-order chi connectivity index (χ1) is 16.5. The number of rotatable bonds is 4. The van der Waals surface area contributed by atoms with Gasteiger partial charge in [-0.25, -0.2) is 8.97 Å². The number of hydrogen-bond donors (Lipinski definition) is 0. The first-order valence-electron chi connectivity index (χ1n) is 11.1. The molecule has 5 nitrogen and oxygen atoms in total. The molecule has 0 bridgehead atoms. The number of halogens is 2. The van der Waals surface area contributed by atoms with Gasteiger partial charge in [0.2, 0.25) is 5.78 Å². The van der Waals surface area contributed by atoms with Crippen LogP contribution in [0.25, 0.3) is 21.7 Å². The molecule has 3 aromatic heterocycles. The van der Waals surface area contributed by atoms with E-state index in [1.54, 1.807) is 39.8 Å². The van der Waals surface area contributed by atoms with E-state index in [9.17, 15) is 4.79 Å². The topological polar surface area (TPSA) is 52.2 Å². The molecule has 0 spiro atoms. The average Bonchev–Trinajstić information content (AvgIpc) is 3.41. The molecule has 0 saturated heterocycles. The molecule has 0 N–H and O–H groups in total. The van der Waals surface area contributed by atoms with Gasteiger partial charge in [-0.3, -0.25) is 4.79 Å². The van der Waals surface area contributed by atoms with E-state index in [0.29, 0.717) is 21.7 Å². The Kier molecular flexibility index (Phi) is 5.68. The summed E-state index contributed by atoms with van der Waals surface area (Å²) >= 11 is 15.5. The summed E-state index contributed by atoms with van der Waals surface area (Å²) in [6.07, 6.45) is 3.08. The molecule has 1 unspecified atom stereocenters. The summed E-state index contributed by atoms with van der Waals surface area (Å²) < 4.78 is 3.73. The maximum Gasteiger partial charge on any atom is 0.268 e. The molecular weight excluding hydrogens is 507 g/mol. The first kappa shape index (κ1) is 22.2. The van der Waals surface area contributed by atoms with Crippen LogP contribution in [0.4, 0.5) is 0 Å². The molecule has 1 atom stereocenters. The van der Waals surface area contributed by atoms with Crippen molar-refractivity contribution in [3.63, 3.8) is 0 Å². The van der Waals surface area contributed by atoms with Crippen molar-refractivity contribution < 1.29 is 0 Å². The van der Waals surface area contributed by atoms with Crippen LogP contribution in [-0.2, 0) is 18.6 Å². The molecule has 1 aliphatic carbocycles. The third kappa shape index (κ3) is 3.75. The molecule has 2 aromatic carbocycles. The summed E-state index contributed by atoms with van der Waals surface area (Å²) in [6.45, 7) is 2.26. The maximum absolute atomic E-state index is 13.9. The van der Waals surface area contributed by atoms with Gasteiger partial charge in [-0.1, -0.05) is 54.0 Å². The Labute approximate surface area is 214 Å². The minimum absolute atomic E-state index is 0.0435. The fourth-order valence-corrected chi connectivity index (χ4v) is 7.09. The van der Waals surface area contributed by atoms with E-state index in [4.69, 9.17) is 23.2 Å². The standard InChI is InChI=1S/C25H20Cl2N4OS2/c1-14-2-11-20-19(12-14)21-22(32)30(18-9-7-17(27)8-10-18)24-28-29-25(31(24)23(21)34-20)33-13-15-3-5-16(26)6-4-15/h3-10,14H,2,11-13H2,1H3. The van der Waals surface area contributed by atoms with Crippen molar-refractivity contribution in [2.75, 3.05) is 0 Å². The highest BCUT2D eigenvalue weighted by Gasteiger charge is 2.27. The molecule has 0 radical (unpaired) electrons. The van der Waals surface area contributed by atoms with Crippen molar-refractivity contribution in [2.24, 2.45) is 5.92 Å². The zero-order valence-electron chi connectivity index (χ0n) is 18.3. The predicted molar refractivity (Wildman–Crippen MR) is 141 cm³/mol. The van der Waals surface area contributed by atoms with Gasteiger partial charge in [0, 0.05) is 20.7 Å². The van der Waals surface area contributed by atoms with Crippen molar-refractivity contribution >= 4 is 62.3 Å². The van der Waals surface area contributed by atoms with Crippen molar-refractivity contribution in [3.8, 4) is 5.69 Å². The van der Waals surface area contributed by atoms with Gasteiger partial charge in [-0.2, -0.15) is 0 Å². The highest BCUT2D eigenvalue weighted by Crippen LogP contribution is 2.38. The Morgan fingerprint density at radius 3 is 2.50 bits per heavy atom. The molecule has 0 amide bonds. The lowest BCUT2D eigenvalue weighted by atomic mass is 9.89. The van der Waals surface area contributed by atoms with Crippen molar-refractivity contribution in [1.29, 1.82) is 0 Å². The third-order valence-corrected chi connectivity index (χ3v) is 9.07. The van der Waals surface area contributed by atoms with Crippen LogP contribution < -0.4 is 5.56 Å². The van der Waals surface area contributed by atoms with Crippen LogP contribution in [0.5, 0.6) is 0 Å². The summed E-state index contributed by atoms with van der Waals surface area (Å²) in [5, 5.41) is 11.9. The molecule has 9 heteroatoms. The summed E-state index contributed by atoms with van der Waals surface area (Å²) in [7, 11) is 0. The summed E-state index contributed by atoms with van der Waals surface area (Å²) in [5.74, 6) is 1.80. The smallest absolute Gasteiger partial charge is 0.268 e. The number of benzene rings is 2. The normalized spacial score (nSPS) is 15.8. The van der Waals surface area contributed by atoms with Crippen LogP contribution in [0.2, 0.25) is 10.0 Å². The average molecular weight is 528 g/mol. The lowest BCUT2D eigenvalue weighted by molar-refractivity contribution is 0.508. The lowest BCUT2D eigenvalue weighted by Gasteiger charge is -2.18. The van der Waals surface area contributed by atoms with Gasteiger partial charge in [0.1, 0.15) is 4.83 Å². The largest absolute Gasteiger partial charge is 0.268 e. The number of aromatic nitrogens is 4. The lowest BCUT2D eigenvalue weighted by Crippen LogP contribution is -2.22. The zero-order valence-corrected chi connectivity index (χ0v) is 21.4. The van der Waals surface area contributed by atoms with Crippen molar-refractivity contribution in [3.05, 3.63) is 84.9 Å². The number of aryl methyl sites for hydroxylation is 1. The minimum atomic E-state index is -0.0435. The van der Waals surface area contributed by atoms with Crippen LogP contribution in [-0.4, -0.2) is 19.2 Å². The van der Waals surface area contributed by atoms with Gasteiger partial charge in [0.25, 0.3) is 5.56 Å². The molecule has 172 valence electrons. The van der Waals surface area contributed by atoms with E-state index < -0.39 is 0 Å². The van der Waals surface area contributed by atoms with Crippen LogP contribution in [0.1, 0.15) is 29.3 Å². The third-order valence-electron chi connectivity index (χ3n) is 6.29. The van der Waals surface area contributed by atoms with Crippen LogP contribution >= 0.6 is 46.3 Å². The Morgan fingerprint density at radius 2 is 1.76 bits per heavy atom. The monoisotopic (exact) mass is 526 g/mol. The molecule has 1 aliphatic rings. The quantitative estimate of drug-likeness (QED) is 0.241. The van der Waals surface area contributed by atoms with Crippen molar-refractivity contribution in [1.82, 2.24) is 19.2 Å². The fourth-order valence-electron chi connectivity index (χ4n) is 4.55. The number of fused-ring (bicyclic) bond motifs is 5. The molecule has 0 saturated carbocycles. The van der Waals surface area contributed by atoms with Crippen LogP contribution in [0.3, 0.4) is 0 Å². The van der Waals surface area contributed by atoms with Gasteiger partial charge >= 0.3 is 0 Å². The van der Waals surface area contributed by atoms with Gasteiger partial charge in [0.15, 0.2) is 5.16 Å². The number of thiophene rings is 1. The van der Waals surface area contributed by atoms with Gasteiger partial charge in [0.05, 0.1) is 11.1 Å². The van der Waals surface area contributed by atoms with E-state index in [1.165, 1.54) is 10.4 Å². The SMILES string of the molecule is CC1CCc2sc3c(c2C1)c(=O)n(-c1ccc(Cl)cc1)c1nnc(SCc2ccc(Cl)cc2)n31. The minimum Gasteiger partial charge on any atom is -0.268 e. The second-order valence-corrected chi connectivity index (χ2v) is 11.6. The van der Waals surface area contributed by atoms with E-state index in [0.717, 1.165) is 51.6 Å². The molecule has 0 fully saturated rings. The zero-order chi connectivity index (χ0) is 23.4. The summed E-state index contributed by atoms with van der Waals surface area (Å²) in [4.78, 5) is 16.2. The second kappa shape index (κ2) is 8.72. The fraction of sp³-hybridized carbons (Fsp3) is 0.240. The molecule has 5 aromatic rings. The van der Waals surface area contributed by atoms with Gasteiger partial charge < -0.3 is 0 Å². The highest BCUT2D eigenvalue weighted by atomic mass is 35.5.